The van der Waals surface area contributed by atoms with Crippen LogP contribution in [0.4, 0.5) is 0 Å². The molecule has 1 aromatic carbocycles. The predicted octanol–water partition coefficient (Wildman–Crippen LogP) is 13.7. The highest BCUT2D eigenvalue weighted by molar-refractivity contribution is 5.70. The summed E-state index contributed by atoms with van der Waals surface area (Å²) in [6.45, 7) is 14.1. The van der Waals surface area contributed by atoms with Crippen molar-refractivity contribution in [2.75, 3.05) is 46.1 Å². The van der Waals surface area contributed by atoms with Crippen LogP contribution in [0.15, 0.2) is 18.2 Å². The normalized spacial score (nSPS) is 11.2. The number of carbonyl (C=O) groups is 3. The fourth-order valence-corrected chi connectivity index (χ4v) is 7.26. The fourth-order valence-electron chi connectivity index (χ4n) is 7.26. The van der Waals surface area contributed by atoms with Gasteiger partial charge in [0.15, 0.2) is 0 Å². The van der Waals surface area contributed by atoms with Crippen LogP contribution in [-0.2, 0) is 35.2 Å². The molecule has 348 valence electrons. The number of carbonyl (C=O) groups excluding carboxylic acids is 3. The summed E-state index contributed by atoms with van der Waals surface area (Å²) in [5, 5.41) is 0. The number of unbranched alkanes of at least 4 members (excludes halogenated alkanes) is 22. The van der Waals surface area contributed by atoms with Crippen LogP contribution in [0.3, 0.4) is 0 Å². The van der Waals surface area contributed by atoms with Gasteiger partial charge in [-0.05, 0) is 76.7 Å². The van der Waals surface area contributed by atoms with Crippen molar-refractivity contribution >= 4 is 17.9 Å². The molecule has 1 aromatic rings. The van der Waals surface area contributed by atoms with Crippen molar-refractivity contribution in [3.05, 3.63) is 23.8 Å². The molecule has 0 saturated carbocycles. The standard InChI is InChI=1S/C51H91NO8/c1-5-9-11-13-15-21-27-34-49(53)58-42-31-25-19-17-23-29-40-56-47-38-37-46(45-60-51(55)36-33-39-52(7-3)8-4)48(44-47)57-41-30-24-18-20-26-32-43-59-50(54)35-28-22-16-14-12-10-6-2/h37-38,44H,5-36,39-43,45H2,1-4H3. The van der Waals surface area contributed by atoms with Gasteiger partial charge in [0, 0.05) is 30.9 Å². The molecule has 0 N–H and O–H groups in total. The lowest BCUT2D eigenvalue weighted by Gasteiger charge is -2.17. The molecule has 0 heterocycles. The Hall–Kier alpha value is -2.81. The van der Waals surface area contributed by atoms with Gasteiger partial charge in [0.05, 0.1) is 26.4 Å². The van der Waals surface area contributed by atoms with Gasteiger partial charge in [-0.15, -0.1) is 0 Å². The molecule has 0 aliphatic heterocycles. The van der Waals surface area contributed by atoms with Crippen molar-refractivity contribution in [2.24, 2.45) is 0 Å². The lowest BCUT2D eigenvalue weighted by atomic mass is 10.1. The topological polar surface area (TPSA) is 101 Å². The number of rotatable bonds is 44. The Bertz CT molecular complexity index is 1160. The van der Waals surface area contributed by atoms with Gasteiger partial charge < -0.3 is 28.6 Å². The summed E-state index contributed by atoms with van der Waals surface area (Å²) in [6, 6.07) is 5.84. The highest BCUT2D eigenvalue weighted by atomic mass is 16.5. The average Bonchev–Trinajstić information content (AvgIpc) is 3.25. The Labute approximate surface area is 368 Å². The molecule has 0 bridgehead atoms. The van der Waals surface area contributed by atoms with E-state index in [1.807, 2.05) is 18.2 Å². The van der Waals surface area contributed by atoms with E-state index in [1.165, 1.54) is 64.2 Å². The molecule has 0 aliphatic rings. The van der Waals surface area contributed by atoms with E-state index >= 15 is 0 Å². The van der Waals surface area contributed by atoms with Gasteiger partial charge in [0.25, 0.3) is 0 Å². The lowest BCUT2D eigenvalue weighted by molar-refractivity contribution is -0.145. The summed E-state index contributed by atoms with van der Waals surface area (Å²) in [4.78, 5) is 38.9. The van der Waals surface area contributed by atoms with E-state index in [0.717, 1.165) is 140 Å². The Kier molecular flexibility index (Phi) is 38.2. The fraction of sp³-hybridized carbons (Fsp3) is 0.824. The first-order valence-corrected chi connectivity index (χ1v) is 25.0. The van der Waals surface area contributed by atoms with Crippen LogP contribution in [-0.4, -0.2) is 68.9 Å². The molecule has 0 amide bonds. The van der Waals surface area contributed by atoms with Crippen molar-refractivity contribution in [3.8, 4) is 11.5 Å². The SMILES string of the molecule is CCCCCCCCCC(=O)OCCCCCCCCOc1ccc(COC(=O)CCCN(CC)CC)c(OCCCCCCCCOC(=O)CCCCCCCCC)c1. The maximum absolute atomic E-state index is 12.6. The Morgan fingerprint density at radius 2 is 0.833 bits per heavy atom. The van der Waals surface area contributed by atoms with E-state index in [9.17, 15) is 14.4 Å². The zero-order chi connectivity index (χ0) is 43.6. The summed E-state index contributed by atoms with van der Waals surface area (Å²) >= 11 is 0. The number of ether oxygens (including phenoxy) is 5. The lowest BCUT2D eigenvalue weighted by Crippen LogP contribution is -2.24. The molecular weight excluding hydrogens is 755 g/mol. The van der Waals surface area contributed by atoms with Crippen LogP contribution in [0.25, 0.3) is 0 Å². The van der Waals surface area contributed by atoms with Crippen molar-refractivity contribution < 1.29 is 38.1 Å². The zero-order valence-corrected chi connectivity index (χ0v) is 39.3. The molecular formula is C51H91NO8. The van der Waals surface area contributed by atoms with Crippen molar-refractivity contribution in [1.82, 2.24) is 4.90 Å². The molecule has 0 spiro atoms. The van der Waals surface area contributed by atoms with Crippen molar-refractivity contribution in [2.45, 2.75) is 227 Å². The van der Waals surface area contributed by atoms with Crippen LogP contribution in [0.5, 0.6) is 11.5 Å². The predicted molar refractivity (Wildman–Crippen MR) is 247 cm³/mol. The number of nitrogens with zero attached hydrogens (tertiary/aromatic N) is 1. The van der Waals surface area contributed by atoms with E-state index in [1.54, 1.807) is 0 Å². The third-order valence-corrected chi connectivity index (χ3v) is 11.3. The molecule has 0 fully saturated rings. The second kappa shape index (κ2) is 41.5. The van der Waals surface area contributed by atoms with Crippen molar-refractivity contribution in [1.29, 1.82) is 0 Å². The zero-order valence-electron chi connectivity index (χ0n) is 39.3. The molecule has 0 atom stereocenters. The Balaban J connectivity index is 2.33. The third kappa shape index (κ3) is 33.9. The van der Waals surface area contributed by atoms with Gasteiger partial charge in [-0.25, -0.2) is 0 Å². The van der Waals surface area contributed by atoms with Crippen LogP contribution < -0.4 is 9.47 Å². The first-order valence-electron chi connectivity index (χ1n) is 25.0. The number of hydrogen-bond donors (Lipinski definition) is 0. The average molecular weight is 846 g/mol. The first kappa shape index (κ1) is 55.2. The minimum atomic E-state index is -0.184. The smallest absolute Gasteiger partial charge is 0.306 e. The van der Waals surface area contributed by atoms with E-state index < -0.39 is 0 Å². The molecule has 0 radical (unpaired) electrons. The van der Waals surface area contributed by atoms with Gasteiger partial charge in [-0.2, -0.15) is 0 Å². The van der Waals surface area contributed by atoms with Crippen LogP contribution in [0.1, 0.15) is 226 Å². The highest BCUT2D eigenvalue weighted by Crippen LogP contribution is 2.27. The summed E-state index contributed by atoms with van der Waals surface area (Å²) < 4.78 is 28.9. The van der Waals surface area contributed by atoms with Gasteiger partial charge in [0.1, 0.15) is 18.1 Å². The molecule has 0 aliphatic carbocycles. The second-order valence-corrected chi connectivity index (χ2v) is 16.7. The van der Waals surface area contributed by atoms with Gasteiger partial charge in [-0.1, -0.05) is 156 Å². The minimum Gasteiger partial charge on any atom is -0.493 e. The molecule has 1 rings (SSSR count). The van der Waals surface area contributed by atoms with Gasteiger partial charge >= 0.3 is 17.9 Å². The second-order valence-electron chi connectivity index (χ2n) is 16.7. The summed E-state index contributed by atoms with van der Waals surface area (Å²) in [5.41, 5.74) is 0.851. The van der Waals surface area contributed by atoms with Crippen molar-refractivity contribution in [3.63, 3.8) is 0 Å². The third-order valence-electron chi connectivity index (χ3n) is 11.3. The monoisotopic (exact) mass is 846 g/mol. The molecule has 0 saturated heterocycles. The molecule has 0 unspecified atom stereocenters. The van der Waals surface area contributed by atoms with Gasteiger partial charge in [0.2, 0.25) is 0 Å². The van der Waals surface area contributed by atoms with Crippen LogP contribution in [0, 0.1) is 0 Å². The minimum absolute atomic E-state index is 0.0439. The number of benzene rings is 1. The Morgan fingerprint density at radius 3 is 1.32 bits per heavy atom. The van der Waals surface area contributed by atoms with Crippen LogP contribution in [0.2, 0.25) is 0 Å². The molecule has 60 heavy (non-hydrogen) atoms. The number of hydrogen-bond acceptors (Lipinski definition) is 9. The number of esters is 3. The highest BCUT2D eigenvalue weighted by Gasteiger charge is 2.12. The summed E-state index contributed by atoms with van der Waals surface area (Å²) in [6.07, 6.45) is 31.7. The van der Waals surface area contributed by atoms with E-state index in [4.69, 9.17) is 23.7 Å². The first-order chi connectivity index (χ1) is 29.4. The molecule has 9 nitrogen and oxygen atoms in total. The molecule has 0 aromatic heterocycles. The Morgan fingerprint density at radius 1 is 0.433 bits per heavy atom. The summed E-state index contributed by atoms with van der Waals surface area (Å²) in [5.74, 6) is 1.20. The quantitative estimate of drug-likeness (QED) is 0.0361. The maximum Gasteiger partial charge on any atom is 0.306 e. The summed E-state index contributed by atoms with van der Waals surface area (Å²) in [7, 11) is 0. The van der Waals surface area contributed by atoms with E-state index in [0.29, 0.717) is 51.4 Å². The van der Waals surface area contributed by atoms with E-state index in [-0.39, 0.29) is 24.5 Å². The van der Waals surface area contributed by atoms with Gasteiger partial charge in [-0.3, -0.25) is 14.4 Å². The maximum atomic E-state index is 12.6. The largest absolute Gasteiger partial charge is 0.493 e. The molecule has 9 heteroatoms. The van der Waals surface area contributed by atoms with E-state index in [2.05, 4.69) is 32.6 Å². The van der Waals surface area contributed by atoms with Crippen LogP contribution >= 0.6 is 0 Å².